The van der Waals surface area contributed by atoms with Crippen molar-refractivity contribution >= 4 is 23.2 Å². The average molecular weight is 411 g/mol. The molecular weight excluding hydrogens is 391 g/mol. The van der Waals surface area contributed by atoms with Crippen molar-refractivity contribution in [2.24, 2.45) is 0 Å². The summed E-state index contributed by atoms with van der Waals surface area (Å²) < 4.78 is 15.1. The summed E-state index contributed by atoms with van der Waals surface area (Å²) in [6.45, 7) is 2.32. The number of benzene rings is 2. The molecule has 148 valence electrons. The summed E-state index contributed by atoms with van der Waals surface area (Å²) in [5.74, 6) is -0.503. The number of rotatable bonds is 3. The van der Waals surface area contributed by atoms with Gasteiger partial charge in [0.05, 0.1) is 12.1 Å². The zero-order valence-electron chi connectivity index (χ0n) is 15.9. The number of pyridine rings is 1. The quantitative estimate of drug-likeness (QED) is 0.629. The van der Waals surface area contributed by atoms with Gasteiger partial charge in [-0.15, -0.1) is 0 Å². The van der Waals surface area contributed by atoms with Crippen LogP contribution in [0.5, 0.6) is 0 Å². The molecule has 2 aromatic carbocycles. The maximum atomic E-state index is 13.6. The Hall–Kier alpha value is -2.92. The van der Waals surface area contributed by atoms with E-state index in [0.29, 0.717) is 17.1 Å². The standard InChI is InChI=1S/C23H20ClFN2O2/c1-15-2-5-17-12-20(25)9-10-21(17)27(15)23(29)18-6-11-22(28)26(14-18)13-16-3-7-19(24)8-4-16/h3-4,6-12,14-15H,2,5,13H2,1H3/t15-/m1/s1. The van der Waals surface area contributed by atoms with Gasteiger partial charge in [-0.25, -0.2) is 4.39 Å². The van der Waals surface area contributed by atoms with E-state index in [2.05, 4.69) is 0 Å². The molecule has 2 heterocycles. The van der Waals surface area contributed by atoms with Gasteiger partial charge in [0.1, 0.15) is 5.82 Å². The van der Waals surface area contributed by atoms with E-state index in [0.717, 1.165) is 29.7 Å². The van der Waals surface area contributed by atoms with Crippen molar-refractivity contribution in [1.29, 1.82) is 0 Å². The number of halogens is 2. The number of carbonyl (C=O) groups is 1. The molecule has 0 fully saturated rings. The number of aryl methyl sites for hydroxylation is 1. The Morgan fingerprint density at radius 2 is 1.90 bits per heavy atom. The third-order valence-electron chi connectivity index (χ3n) is 5.29. The van der Waals surface area contributed by atoms with Crippen molar-refractivity contribution in [3.8, 4) is 0 Å². The summed E-state index contributed by atoms with van der Waals surface area (Å²) in [6.07, 6.45) is 3.07. The number of hydrogen-bond donors (Lipinski definition) is 0. The van der Waals surface area contributed by atoms with Crippen LogP contribution in [0.3, 0.4) is 0 Å². The summed E-state index contributed by atoms with van der Waals surface area (Å²) in [7, 11) is 0. The van der Waals surface area contributed by atoms with E-state index in [1.807, 2.05) is 19.1 Å². The van der Waals surface area contributed by atoms with Crippen LogP contribution in [0.1, 0.15) is 34.8 Å². The van der Waals surface area contributed by atoms with E-state index < -0.39 is 0 Å². The Balaban J connectivity index is 1.67. The molecule has 0 bridgehead atoms. The van der Waals surface area contributed by atoms with Gasteiger partial charge < -0.3 is 9.47 Å². The predicted octanol–water partition coefficient (Wildman–Crippen LogP) is 4.67. The molecule has 29 heavy (non-hydrogen) atoms. The number of anilines is 1. The first kappa shape index (κ1) is 19.4. The third kappa shape index (κ3) is 3.96. The lowest BCUT2D eigenvalue weighted by Crippen LogP contribution is -2.42. The predicted molar refractivity (Wildman–Crippen MR) is 112 cm³/mol. The van der Waals surface area contributed by atoms with Crippen molar-refractivity contribution in [3.05, 3.63) is 98.7 Å². The van der Waals surface area contributed by atoms with Gasteiger partial charge in [0.2, 0.25) is 0 Å². The summed E-state index contributed by atoms with van der Waals surface area (Å²) in [6, 6.07) is 14.7. The number of hydrogen-bond acceptors (Lipinski definition) is 2. The maximum Gasteiger partial charge on any atom is 0.260 e. The fraction of sp³-hybridized carbons (Fsp3) is 0.217. The van der Waals surface area contributed by atoms with E-state index >= 15 is 0 Å². The van der Waals surface area contributed by atoms with E-state index in [4.69, 9.17) is 11.6 Å². The average Bonchev–Trinajstić information content (AvgIpc) is 2.71. The van der Waals surface area contributed by atoms with Crippen LogP contribution in [0, 0.1) is 5.82 Å². The highest BCUT2D eigenvalue weighted by molar-refractivity contribution is 6.30. The lowest BCUT2D eigenvalue weighted by Gasteiger charge is -2.35. The van der Waals surface area contributed by atoms with Crippen LogP contribution >= 0.6 is 11.6 Å². The third-order valence-corrected chi connectivity index (χ3v) is 5.54. The van der Waals surface area contributed by atoms with Crippen LogP contribution in [-0.2, 0) is 13.0 Å². The molecule has 6 heteroatoms. The second-order valence-corrected chi connectivity index (χ2v) is 7.78. The molecular formula is C23H20ClFN2O2. The molecule has 1 aliphatic heterocycles. The van der Waals surface area contributed by atoms with Gasteiger partial charge in [0, 0.05) is 29.0 Å². The summed E-state index contributed by atoms with van der Waals surface area (Å²) in [4.78, 5) is 27.3. The largest absolute Gasteiger partial charge is 0.310 e. The first-order chi connectivity index (χ1) is 13.9. The molecule has 4 nitrogen and oxygen atoms in total. The summed E-state index contributed by atoms with van der Waals surface area (Å²) in [5, 5.41) is 0.624. The second kappa shape index (κ2) is 7.84. The molecule has 0 N–H and O–H groups in total. The van der Waals surface area contributed by atoms with Crippen molar-refractivity contribution < 1.29 is 9.18 Å². The van der Waals surface area contributed by atoms with Gasteiger partial charge in [0.25, 0.3) is 11.5 Å². The van der Waals surface area contributed by atoms with E-state index in [1.165, 1.54) is 22.8 Å². The molecule has 0 saturated carbocycles. The van der Waals surface area contributed by atoms with Gasteiger partial charge in [-0.05, 0) is 67.3 Å². The van der Waals surface area contributed by atoms with Gasteiger partial charge in [0.15, 0.2) is 0 Å². The molecule has 0 saturated heterocycles. The highest BCUT2D eigenvalue weighted by Crippen LogP contribution is 2.32. The molecule has 0 aliphatic carbocycles. The fourth-order valence-corrected chi connectivity index (χ4v) is 3.86. The SMILES string of the molecule is C[C@@H]1CCc2cc(F)ccc2N1C(=O)c1ccc(=O)n(Cc2ccc(Cl)cc2)c1. The van der Waals surface area contributed by atoms with Crippen LogP contribution in [0.4, 0.5) is 10.1 Å². The minimum Gasteiger partial charge on any atom is -0.310 e. The normalized spacial score (nSPS) is 15.8. The minimum absolute atomic E-state index is 0.0166. The molecule has 1 aromatic heterocycles. The van der Waals surface area contributed by atoms with Crippen molar-refractivity contribution in [2.45, 2.75) is 32.4 Å². The molecule has 0 radical (unpaired) electrons. The van der Waals surface area contributed by atoms with Crippen LogP contribution < -0.4 is 10.5 Å². The molecule has 0 unspecified atom stereocenters. The Bertz CT molecular complexity index is 1120. The van der Waals surface area contributed by atoms with Crippen LogP contribution in [0.2, 0.25) is 5.02 Å². The number of carbonyl (C=O) groups excluding carboxylic acids is 1. The van der Waals surface area contributed by atoms with Crippen molar-refractivity contribution in [2.75, 3.05) is 4.90 Å². The lowest BCUT2D eigenvalue weighted by molar-refractivity contribution is 0.0974. The molecule has 1 atom stereocenters. The molecule has 1 amide bonds. The maximum absolute atomic E-state index is 13.6. The molecule has 0 spiro atoms. The molecule has 1 aliphatic rings. The van der Waals surface area contributed by atoms with E-state index in [1.54, 1.807) is 35.4 Å². The second-order valence-electron chi connectivity index (χ2n) is 7.35. The van der Waals surface area contributed by atoms with Gasteiger partial charge in [-0.2, -0.15) is 0 Å². The summed E-state index contributed by atoms with van der Waals surface area (Å²) in [5.41, 5.74) is 2.69. The Morgan fingerprint density at radius 3 is 2.66 bits per heavy atom. The monoisotopic (exact) mass is 410 g/mol. The number of fused-ring (bicyclic) bond motifs is 1. The Morgan fingerprint density at radius 1 is 1.14 bits per heavy atom. The lowest BCUT2D eigenvalue weighted by atomic mass is 9.95. The van der Waals surface area contributed by atoms with Crippen molar-refractivity contribution in [3.63, 3.8) is 0 Å². The number of nitrogens with zero attached hydrogens (tertiary/aromatic N) is 2. The zero-order valence-corrected chi connectivity index (χ0v) is 16.7. The van der Waals surface area contributed by atoms with E-state index in [-0.39, 0.29) is 23.3 Å². The number of aromatic nitrogens is 1. The van der Waals surface area contributed by atoms with Gasteiger partial charge in [-0.1, -0.05) is 23.7 Å². The van der Waals surface area contributed by atoms with Crippen molar-refractivity contribution in [1.82, 2.24) is 4.57 Å². The number of amides is 1. The highest BCUT2D eigenvalue weighted by atomic mass is 35.5. The topological polar surface area (TPSA) is 42.3 Å². The van der Waals surface area contributed by atoms with E-state index in [9.17, 15) is 14.0 Å². The smallest absolute Gasteiger partial charge is 0.260 e. The molecule has 3 aromatic rings. The van der Waals surface area contributed by atoms with Gasteiger partial charge in [-0.3, -0.25) is 9.59 Å². The Labute approximate surface area is 173 Å². The highest BCUT2D eigenvalue weighted by Gasteiger charge is 2.29. The van der Waals surface area contributed by atoms with Crippen LogP contribution in [0.25, 0.3) is 0 Å². The molecule has 4 rings (SSSR count). The first-order valence-corrected chi connectivity index (χ1v) is 9.87. The van der Waals surface area contributed by atoms with Gasteiger partial charge >= 0.3 is 0 Å². The van der Waals surface area contributed by atoms with Crippen LogP contribution in [-0.4, -0.2) is 16.5 Å². The Kier molecular flexibility index (Phi) is 5.24. The van der Waals surface area contributed by atoms with Crippen LogP contribution in [0.15, 0.2) is 65.6 Å². The fourth-order valence-electron chi connectivity index (χ4n) is 3.74. The summed E-state index contributed by atoms with van der Waals surface area (Å²) >= 11 is 5.92. The minimum atomic E-state index is -0.304. The zero-order chi connectivity index (χ0) is 20.5. The first-order valence-electron chi connectivity index (χ1n) is 9.49.